The summed E-state index contributed by atoms with van der Waals surface area (Å²) in [5.41, 5.74) is 9.32. The van der Waals surface area contributed by atoms with Crippen LogP contribution in [-0.2, 0) is 11.3 Å². The van der Waals surface area contributed by atoms with Gasteiger partial charge in [-0.2, -0.15) is 0 Å². The summed E-state index contributed by atoms with van der Waals surface area (Å²) >= 11 is 0. The van der Waals surface area contributed by atoms with Crippen molar-refractivity contribution in [3.63, 3.8) is 0 Å². The lowest BCUT2D eigenvalue weighted by Gasteiger charge is -2.16. The number of furan rings is 1. The lowest BCUT2D eigenvalue weighted by Crippen LogP contribution is -2.29. The van der Waals surface area contributed by atoms with Crippen LogP contribution in [0.1, 0.15) is 16.9 Å². The third kappa shape index (κ3) is 4.10. The third-order valence-electron chi connectivity index (χ3n) is 3.38. The maximum absolute atomic E-state index is 12.0. The average molecular weight is 287 g/mol. The topological polar surface area (TPSA) is 71.5 Å². The van der Waals surface area contributed by atoms with Crippen LogP contribution in [0.3, 0.4) is 0 Å². The number of carbonyl (C=O) groups excluding carboxylic acids is 1. The molecule has 112 valence electrons. The summed E-state index contributed by atoms with van der Waals surface area (Å²) in [6.45, 7) is 4.82. The van der Waals surface area contributed by atoms with Gasteiger partial charge in [0.1, 0.15) is 5.76 Å². The predicted octanol–water partition coefficient (Wildman–Crippen LogP) is 2.55. The maximum atomic E-state index is 12.0. The molecule has 2 rings (SSSR count). The lowest BCUT2D eigenvalue weighted by molar-refractivity contribution is -0.117. The quantitative estimate of drug-likeness (QED) is 0.829. The maximum Gasteiger partial charge on any atom is 0.238 e. The van der Waals surface area contributed by atoms with Gasteiger partial charge in [-0.3, -0.25) is 9.69 Å². The standard InChI is InChI=1S/C16H21N3O2/c1-11-4-5-14(8-15(11)17)18-16(20)10-19(3)9-13-6-7-21-12(13)2/h4-8H,9-10,17H2,1-3H3,(H,18,20). The van der Waals surface area contributed by atoms with Crippen molar-refractivity contribution in [3.05, 3.63) is 47.4 Å². The zero-order valence-corrected chi connectivity index (χ0v) is 12.6. The van der Waals surface area contributed by atoms with Gasteiger partial charge in [0.25, 0.3) is 0 Å². The van der Waals surface area contributed by atoms with E-state index in [0.29, 0.717) is 18.8 Å². The minimum Gasteiger partial charge on any atom is -0.469 e. The van der Waals surface area contributed by atoms with Crippen LogP contribution < -0.4 is 11.1 Å². The van der Waals surface area contributed by atoms with Gasteiger partial charge in [-0.05, 0) is 44.7 Å². The highest BCUT2D eigenvalue weighted by Crippen LogP contribution is 2.17. The molecule has 0 saturated carbocycles. The zero-order valence-electron chi connectivity index (χ0n) is 12.6. The Hall–Kier alpha value is -2.27. The molecule has 21 heavy (non-hydrogen) atoms. The Kier molecular flexibility index (Phi) is 4.65. The molecule has 0 radical (unpaired) electrons. The fourth-order valence-corrected chi connectivity index (χ4v) is 2.09. The van der Waals surface area contributed by atoms with E-state index < -0.39 is 0 Å². The Labute approximate surface area is 124 Å². The lowest BCUT2D eigenvalue weighted by atomic mass is 10.2. The van der Waals surface area contributed by atoms with Crippen LogP contribution in [0.4, 0.5) is 11.4 Å². The highest BCUT2D eigenvalue weighted by Gasteiger charge is 2.10. The first-order valence-electron chi connectivity index (χ1n) is 6.83. The first-order chi connectivity index (χ1) is 9.95. The number of aryl methyl sites for hydroxylation is 2. The minimum atomic E-state index is -0.0677. The van der Waals surface area contributed by atoms with Crippen molar-refractivity contribution < 1.29 is 9.21 Å². The molecule has 0 saturated heterocycles. The molecule has 0 bridgehead atoms. The van der Waals surface area contributed by atoms with Gasteiger partial charge in [0, 0.05) is 23.5 Å². The molecule has 5 nitrogen and oxygen atoms in total. The number of benzene rings is 1. The molecule has 1 amide bonds. The molecular formula is C16H21N3O2. The molecule has 0 spiro atoms. The molecule has 0 aliphatic heterocycles. The van der Waals surface area contributed by atoms with Crippen LogP contribution in [-0.4, -0.2) is 24.4 Å². The normalized spacial score (nSPS) is 10.9. The second-order valence-electron chi connectivity index (χ2n) is 5.29. The van der Waals surface area contributed by atoms with E-state index in [1.54, 1.807) is 12.3 Å². The number of carbonyl (C=O) groups is 1. The van der Waals surface area contributed by atoms with E-state index in [4.69, 9.17) is 10.2 Å². The molecular weight excluding hydrogens is 266 g/mol. The fourth-order valence-electron chi connectivity index (χ4n) is 2.09. The molecule has 1 aromatic heterocycles. The van der Waals surface area contributed by atoms with Crippen LogP contribution >= 0.6 is 0 Å². The van der Waals surface area contributed by atoms with Crippen molar-refractivity contribution in [2.75, 3.05) is 24.6 Å². The second-order valence-corrected chi connectivity index (χ2v) is 5.29. The van der Waals surface area contributed by atoms with E-state index in [0.717, 1.165) is 22.6 Å². The number of nitrogens with two attached hydrogens (primary N) is 1. The first kappa shape index (κ1) is 15.1. The van der Waals surface area contributed by atoms with Gasteiger partial charge in [-0.25, -0.2) is 0 Å². The number of nitrogens with one attached hydrogen (secondary N) is 1. The van der Waals surface area contributed by atoms with Crippen LogP contribution in [0.2, 0.25) is 0 Å². The Morgan fingerprint density at radius 2 is 2.10 bits per heavy atom. The molecule has 0 aliphatic carbocycles. The molecule has 1 aromatic carbocycles. The van der Waals surface area contributed by atoms with Crippen molar-refractivity contribution in [1.29, 1.82) is 0 Å². The van der Waals surface area contributed by atoms with Gasteiger partial charge in [-0.15, -0.1) is 0 Å². The van der Waals surface area contributed by atoms with E-state index in [-0.39, 0.29) is 5.91 Å². The number of nitrogen functional groups attached to an aromatic ring is 1. The van der Waals surface area contributed by atoms with Gasteiger partial charge in [0.05, 0.1) is 12.8 Å². The largest absolute Gasteiger partial charge is 0.469 e. The average Bonchev–Trinajstić information content (AvgIpc) is 2.79. The number of amides is 1. The molecule has 0 fully saturated rings. The Bertz CT molecular complexity index is 634. The van der Waals surface area contributed by atoms with Crippen LogP contribution in [0.25, 0.3) is 0 Å². The number of anilines is 2. The van der Waals surface area contributed by atoms with Crippen molar-refractivity contribution in [1.82, 2.24) is 4.90 Å². The highest BCUT2D eigenvalue weighted by molar-refractivity contribution is 5.92. The summed E-state index contributed by atoms with van der Waals surface area (Å²) in [7, 11) is 1.90. The Morgan fingerprint density at radius 3 is 2.71 bits per heavy atom. The van der Waals surface area contributed by atoms with E-state index in [1.165, 1.54) is 0 Å². The number of hydrogen-bond acceptors (Lipinski definition) is 4. The van der Waals surface area contributed by atoms with E-state index >= 15 is 0 Å². The molecule has 0 atom stereocenters. The smallest absolute Gasteiger partial charge is 0.238 e. The van der Waals surface area contributed by atoms with Gasteiger partial charge in [-0.1, -0.05) is 6.07 Å². The monoisotopic (exact) mass is 287 g/mol. The summed E-state index contributed by atoms with van der Waals surface area (Å²) in [6.07, 6.45) is 1.66. The van der Waals surface area contributed by atoms with Crippen LogP contribution in [0.15, 0.2) is 34.9 Å². The third-order valence-corrected chi connectivity index (χ3v) is 3.38. The zero-order chi connectivity index (χ0) is 15.4. The summed E-state index contributed by atoms with van der Waals surface area (Å²) in [5, 5.41) is 2.85. The van der Waals surface area contributed by atoms with E-state index in [1.807, 2.05) is 44.0 Å². The summed E-state index contributed by atoms with van der Waals surface area (Å²) in [4.78, 5) is 14.0. The summed E-state index contributed by atoms with van der Waals surface area (Å²) in [5.74, 6) is 0.815. The molecule has 3 N–H and O–H groups in total. The SMILES string of the molecule is Cc1ccc(NC(=O)CN(C)Cc2ccoc2C)cc1N. The molecule has 0 unspecified atom stereocenters. The molecule has 1 heterocycles. The number of rotatable bonds is 5. The molecule has 2 aromatic rings. The highest BCUT2D eigenvalue weighted by atomic mass is 16.3. The molecule has 5 heteroatoms. The Morgan fingerprint density at radius 1 is 1.33 bits per heavy atom. The van der Waals surface area contributed by atoms with Gasteiger partial charge < -0.3 is 15.5 Å². The summed E-state index contributed by atoms with van der Waals surface area (Å²) in [6, 6.07) is 7.44. The van der Waals surface area contributed by atoms with Gasteiger partial charge >= 0.3 is 0 Å². The number of nitrogens with zero attached hydrogens (tertiary/aromatic N) is 1. The number of likely N-dealkylation sites (N-methyl/N-ethyl adjacent to an activating group) is 1. The van der Waals surface area contributed by atoms with Crippen molar-refractivity contribution in [3.8, 4) is 0 Å². The fraction of sp³-hybridized carbons (Fsp3) is 0.312. The van der Waals surface area contributed by atoms with E-state index in [9.17, 15) is 4.79 Å². The van der Waals surface area contributed by atoms with Crippen molar-refractivity contribution in [2.24, 2.45) is 0 Å². The Balaban J connectivity index is 1.89. The first-order valence-corrected chi connectivity index (χ1v) is 6.83. The molecule has 0 aliphatic rings. The van der Waals surface area contributed by atoms with Gasteiger partial charge in [0.15, 0.2) is 0 Å². The second kappa shape index (κ2) is 6.45. The minimum absolute atomic E-state index is 0.0677. The van der Waals surface area contributed by atoms with Crippen molar-refractivity contribution in [2.45, 2.75) is 20.4 Å². The van der Waals surface area contributed by atoms with Crippen LogP contribution in [0, 0.1) is 13.8 Å². The summed E-state index contributed by atoms with van der Waals surface area (Å²) < 4.78 is 5.25. The van der Waals surface area contributed by atoms with Gasteiger partial charge in [0.2, 0.25) is 5.91 Å². The van der Waals surface area contributed by atoms with Crippen LogP contribution in [0.5, 0.6) is 0 Å². The van der Waals surface area contributed by atoms with Crippen molar-refractivity contribution >= 4 is 17.3 Å². The number of hydrogen-bond donors (Lipinski definition) is 2. The predicted molar refractivity (Wildman–Crippen MR) is 84.0 cm³/mol. The van der Waals surface area contributed by atoms with E-state index in [2.05, 4.69) is 5.32 Å².